The molecular formula is C29H27NO. The standard InChI is InChI=1S/C29H27NO/c1-30-23-5-3-2-4-21(23)27-24(30)7-9-26-28(27)22-13-20(6-8-25(22)31-26)29-14-17-10-18(15-29)12-19(11-17)16-29/h2-9,13,17-19H,10-12,14-16H2,1H3. The average molecular weight is 406 g/mol. The van der Waals surface area contributed by atoms with Crippen molar-refractivity contribution in [3.8, 4) is 0 Å². The highest BCUT2D eigenvalue weighted by atomic mass is 16.3. The number of rotatable bonds is 1. The number of hydrogen-bond acceptors (Lipinski definition) is 1. The van der Waals surface area contributed by atoms with Crippen LogP contribution in [0, 0.1) is 17.8 Å². The summed E-state index contributed by atoms with van der Waals surface area (Å²) in [6.07, 6.45) is 8.70. The summed E-state index contributed by atoms with van der Waals surface area (Å²) in [5.74, 6) is 2.90. The van der Waals surface area contributed by atoms with Crippen LogP contribution < -0.4 is 0 Å². The Labute approximate surface area is 181 Å². The molecule has 0 N–H and O–H groups in total. The first kappa shape index (κ1) is 16.9. The van der Waals surface area contributed by atoms with Crippen molar-refractivity contribution < 1.29 is 4.42 Å². The van der Waals surface area contributed by atoms with E-state index >= 15 is 0 Å². The summed E-state index contributed by atoms with van der Waals surface area (Å²) in [7, 11) is 2.18. The van der Waals surface area contributed by atoms with Gasteiger partial charge in [0.1, 0.15) is 11.2 Å². The number of aromatic nitrogens is 1. The van der Waals surface area contributed by atoms with Crippen LogP contribution in [0.25, 0.3) is 43.7 Å². The Morgan fingerprint density at radius 2 is 1.45 bits per heavy atom. The predicted octanol–water partition coefficient (Wildman–Crippen LogP) is 7.70. The average Bonchev–Trinajstić information content (AvgIpc) is 3.28. The molecular weight excluding hydrogens is 378 g/mol. The van der Waals surface area contributed by atoms with Gasteiger partial charge in [-0.1, -0.05) is 24.3 Å². The molecule has 4 aliphatic rings. The van der Waals surface area contributed by atoms with Gasteiger partial charge in [0.15, 0.2) is 0 Å². The van der Waals surface area contributed by atoms with E-state index in [1.807, 2.05) is 0 Å². The summed E-state index contributed by atoms with van der Waals surface area (Å²) in [5.41, 5.74) is 6.62. The van der Waals surface area contributed by atoms with Crippen molar-refractivity contribution in [3.05, 3.63) is 60.2 Å². The third-order valence-electron chi connectivity index (χ3n) is 9.16. The SMILES string of the molecule is Cn1c2ccccc2c2c3c(ccc21)oc1ccc(C24CC5CC(CC(C5)C2)C4)cc13. The lowest BCUT2D eigenvalue weighted by molar-refractivity contribution is -0.00512. The number of para-hydroxylation sites is 1. The molecule has 0 amide bonds. The van der Waals surface area contributed by atoms with Crippen LogP contribution in [0.2, 0.25) is 0 Å². The normalized spacial score (nSPS) is 29.8. The smallest absolute Gasteiger partial charge is 0.136 e. The molecule has 2 heterocycles. The quantitative estimate of drug-likeness (QED) is 0.279. The van der Waals surface area contributed by atoms with Gasteiger partial charge in [0, 0.05) is 39.6 Å². The molecule has 2 heteroatoms. The Balaban J connectivity index is 1.44. The molecule has 0 saturated heterocycles. The Morgan fingerprint density at radius 1 is 0.742 bits per heavy atom. The number of furan rings is 1. The van der Waals surface area contributed by atoms with Crippen LogP contribution in [-0.2, 0) is 12.5 Å². The zero-order chi connectivity index (χ0) is 20.3. The highest BCUT2D eigenvalue weighted by molar-refractivity contribution is 6.26. The minimum atomic E-state index is 0.416. The highest BCUT2D eigenvalue weighted by Gasteiger charge is 2.51. The number of hydrogen-bond donors (Lipinski definition) is 0. The van der Waals surface area contributed by atoms with Crippen molar-refractivity contribution in [2.45, 2.75) is 43.9 Å². The fourth-order valence-electron chi connectivity index (χ4n) is 8.31. The van der Waals surface area contributed by atoms with Crippen molar-refractivity contribution in [2.75, 3.05) is 0 Å². The molecule has 9 rings (SSSR count). The van der Waals surface area contributed by atoms with Crippen molar-refractivity contribution in [3.63, 3.8) is 0 Å². The largest absolute Gasteiger partial charge is 0.456 e. The maximum absolute atomic E-state index is 6.38. The van der Waals surface area contributed by atoms with E-state index in [0.717, 1.165) is 28.9 Å². The fourth-order valence-corrected chi connectivity index (χ4v) is 8.31. The Bertz CT molecular complexity index is 1500. The molecule has 4 saturated carbocycles. The van der Waals surface area contributed by atoms with E-state index in [0.29, 0.717) is 5.41 Å². The van der Waals surface area contributed by atoms with Gasteiger partial charge in [-0.3, -0.25) is 0 Å². The lowest BCUT2D eigenvalue weighted by Gasteiger charge is -2.57. The molecule has 5 aromatic rings. The number of benzene rings is 3. The maximum atomic E-state index is 6.38. The highest BCUT2D eigenvalue weighted by Crippen LogP contribution is 2.61. The van der Waals surface area contributed by atoms with Gasteiger partial charge in [0.25, 0.3) is 0 Å². The first-order chi connectivity index (χ1) is 15.2. The first-order valence-electron chi connectivity index (χ1n) is 12.0. The molecule has 4 aliphatic carbocycles. The molecule has 0 aliphatic heterocycles. The van der Waals surface area contributed by atoms with E-state index in [-0.39, 0.29) is 0 Å². The van der Waals surface area contributed by atoms with Gasteiger partial charge in [0.2, 0.25) is 0 Å². The fraction of sp³-hybridized carbons (Fsp3) is 0.379. The first-order valence-corrected chi connectivity index (χ1v) is 12.0. The van der Waals surface area contributed by atoms with Gasteiger partial charge >= 0.3 is 0 Å². The van der Waals surface area contributed by atoms with Gasteiger partial charge < -0.3 is 8.98 Å². The van der Waals surface area contributed by atoms with Crippen LogP contribution in [0.5, 0.6) is 0 Å². The summed E-state index contributed by atoms with van der Waals surface area (Å²) in [6.45, 7) is 0. The van der Waals surface area contributed by atoms with Crippen molar-refractivity contribution >= 4 is 43.7 Å². The van der Waals surface area contributed by atoms with Crippen LogP contribution >= 0.6 is 0 Å². The Morgan fingerprint density at radius 3 is 2.23 bits per heavy atom. The third kappa shape index (κ3) is 2.09. The molecule has 0 radical (unpaired) electrons. The van der Waals surface area contributed by atoms with Crippen molar-refractivity contribution in [1.82, 2.24) is 4.57 Å². The molecule has 2 nitrogen and oxygen atoms in total. The number of fused-ring (bicyclic) bond motifs is 7. The van der Waals surface area contributed by atoms with E-state index in [9.17, 15) is 0 Å². The molecule has 0 unspecified atom stereocenters. The van der Waals surface area contributed by atoms with Crippen LogP contribution in [0.3, 0.4) is 0 Å². The molecule has 3 aromatic carbocycles. The van der Waals surface area contributed by atoms with Gasteiger partial charge in [-0.25, -0.2) is 0 Å². The second kappa shape index (κ2) is 5.54. The maximum Gasteiger partial charge on any atom is 0.136 e. The van der Waals surface area contributed by atoms with Crippen LogP contribution in [0.4, 0.5) is 0 Å². The summed E-state index contributed by atoms with van der Waals surface area (Å²) < 4.78 is 8.71. The summed E-state index contributed by atoms with van der Waals surface area (Å²) >= 11 is 0. The van der Waals surface area contributed by atoms with E-state index in [2.05, 4.69) is 66.2 Å². The zero-order valence-corrected chi connectivity index (χ0v) is 18.0. The molecule has 2 aromatic heterocycles. The topological polar surface area (TPSA) is 18.1 Å². The lowest BCUT2D eigenvalue weighted by atomic mass is 9.48. The zero-order valence-electron chi connectivity index (χ0n) is 18.0. The second-order valence-electron chi connectivity index (χ2n) is 10.9. The summed E-state index contributed by atoms with van der Waals surface area (Å²) in [5, 5.41) is 5.28. The molecule has 0 spiro atoms. The third-order valence-corrected chi connectivity index (χ3v) is 9.16. The van der Waals surface area contributed by atoms with Crippen LogP contribution in [0.1, 0.15) is 44.1 Å². The molecule has 4 fully saturated rings. The number of nitrogens with zero attached hydrogens (tertiary/aromatic N) is 1. The lowest BCUT2D eigenvalue weighted by Crippen LogP contribution is -2.48. The predicted molar refractivity (Wildman–Crippen MR) is 128 cm³/mol. The molecule has 4 bridgehead atoms. The summed E-state index contributed by atoms with van der Waals surface area (Å²) in [4.78, 5) is 0. The minimum absolute atomic E-state index is 0.416. The molecule has 31 heavy (non-hydrogen) atoms. The van der Waals surface area contributed by atoms with E-state index in [4.69, 9.17) is 4.42 Å². The van der Waals surface area contributed by atoms with E-state index in [1.165, 1.54) is 71.1 Å². The minimum Gasteiger partial charge on any atom is -0.456 e. The van der Waals surface area contributed by atoms with Gasteiger partial charge in [-0.2, -0.15) is 0 Å². The van der Waals surface area contributed by atoms with Gasteiger partial charge in [0.05, 0.1) is 0 Å². The monoisotopic (exact) mass is 405 g/mol. The van der Waals surface area contributed by atoms with E-state index in [1.54, 1.807) is 5.56 Å². The van der Waals surface area contributed by atoms with Crippen molar-refractivity contribution in [1.29, 1.82) is 0 Å². The Hall–Kier alpha value is -2.74. The molecule has 154 valence electrons. The van der Waals surface area contributed by atoms with Crippen molar-refractivity contribution in [2.24, 2.45) is 24.8 Å². The second-order valence-corrected chi connectivity index (χ2v) is 10.9. The molecule has 0 atom stereocenters. The summed E-state index contributed by atoms with van der Waals surface area (Å²) in [6, 6.07) is 20.4. The Kier molecular flexibility index (Phi) is 3.02. The van der Waals surface area contributed by atoms with Gasteiger partial charge in [-0.05, 0) is 97.6 Å². The van der Waals surface area contributed by atoms with Crippen LogP contribution in [-0.4, -0.2) is 4.57 Å². The van der Waals surface area contributed by atoms with E-state index < -0.39 is 0 Å². The van der Waals surface area contributed by atoms with Gasteiger partial charge in [-0.15, -0.1) is 0 Å². The number of aryl methyl sites for hydroxylation is 1. The van der Waals surface area contributed by atoms with Crippen LogP contribution in [0.15, 0.2) is 59.0 Å².